The predicted molar refractivity (Wildman–Crippen MR) is 72.1 cm³/mol. The van der Waals surface area contributed by atoms with Crippen molar-refractivity contribution in [1.29, 1.82) is 0 Å². The average molecular weight is 300 g/mol. The van der Waals surface area contributed by atoms with Crippen molar-refractivity contribution in [2.24, 2.45) is 5.92 Å². The molecule has 4 heteroatoms. The number of carbonyl (C=O) groups is 1. The summed E-state index contributed by atoms with van der Waals surface area (Å²) < 4.78 is 1.02. The largest absolute Gasteiger partial charge is 0.310 e. The van der Waals surface area contributed by atoms with Gasteiger partial charge in [0, 0.05) is 15.9 Å². The molecule has 0 saturated carbocycles. The van der Waals surface area contributed by atoms with Gasteiger partial charge >= 0.3 is 0 Å². The number of anilines is 1. The molecule has 0 atom stereocenters. The van der Waals surface area contributed by atoms with Crippen molar-refractivity contribution in [3.05, 3.63) is 22.7 Å². The van der Waals surface area contributed by atoms with Gasteiger partial charge in [-0.1, -0.05) is 29.8 Å². The van der Waals surface area contributed by atoms with Crippen molar-refractivity contribution in [2.75, 3.05) is 17.2 Å². The minimum absolute atomic E-state index is 0.212. The first-order valence-electron chi connectivity index (χ1n) is 5.30. The van der Waals surface area contributed by atoms with Crippen LogP contribution in [0.1, 0.15) is 13.8 Å². The molecule has 0 N–H and O–H groups in total. The van der Waals surface area contributed by atoms with Gasteiger partial charge in [0.15, 0.2) is 0 Å². The van der Waals surface area contributed by atoms with Crippen LogP contribution in [0.3, 0.4) is 0 Å². The van der Waals surface area contributed by atoms with E-state index < -0.39 is 0 Å². The molecule has 1 aromatic carbocycles. The molecule has 2 rings (SSSR count). The van der Waals surface area contributed by atoms with Gasteiger partial charge < -0.3 is 4.90 Å². The summed E-state index contributed by atoms with van der Waals surface area (Å²) in [6.07, 6.45) is 0. The Kier molecular flexibility index (Phi) is 3.60. The van der Waals surface area contributed by atoms with E-state index in [1.54, 1.807) is 11.8 Å². The third kappa shape index (κ3) is 2.43. The van der Waals surface area contributed by atoms with Crippen LogP contribution in [0.25, 0.3) is 0 Å². The zero-order chi connectivity index (χ0) is 11.7. The van der Waals surface area contributed by atoms with Crippen LogP contribution in [-0.4, -0.2) is 18.2 Å². The SMILES string of the molecule is CC(C)CN1C(=O)CSc2ccc(Br)cc21. The van der Waals surface area contributed by atoms with Crippen molar-refractivity contribution in [3.63, 3.8) is 0 Å². The van der Waals surface area contributed by atoms with E-state index in [4.69, 9.17) is 0 Å². The second kappa shape index (κ2) is 4.80. The second-order valence-electron chi connectivity index (χ2n) is 4.30. The molecule has 1 aliphatic rings. The molecule has 0 saturated heterocycles. The van der Waals surface area contributed by atoms with Gasteiger partial charge in [-0.15, -0.1) is 11.8 Å². The monoisotopic (exact) mass is 299 g/mol. The maximum absolute atomic E-state index is 11.9. The van der Waals surface area contributed by atoms with Gasteiger partial charge in [-0.2, -0.15) is 0 Å². The van der Waals surface area contributed by atoms with Crippen LogP contribution in [0, 0.1) is 5.92 Å². The maximum atomic E-state index is 11.9. The lowest BCUT2D eigenvalue weighted by Gasteiger charge is -2.30. The number of rotatable bonds is 2. The average Bonchev–Trinajstić information content (AvgIpc) is 2.22. The van der Waals surface area contributed by atoms with Crippen molar-refractivity contribution in [3.8, 4) is 0 Å². The number of amides is 1. The van der Waals surface area contributed by atoms with Gasteiger partial charge in [-0.25, -0.2) is 0 Å². The van der Waals surface area contributed by atoms with Gasteiger partial charge in [0.1, 0.15) is 0 Å². The number of thioether (sulfide) groups is 1. The van der Waals surface area contributed by atoms with Crippen molar-refractivity contribution < 1.29 is 4.79 Å². The molecule has 1 heterocycles. The maximum Gasteiger partial charge on any atom is 0.237 e. The molecule has 1 amide bonds. The van der Waals surface area contributed by atoms with E-state index in [9.17, 15) is 4.79 Å². The molecule has 0 bridgehead atoms. The summed E-state index contributed by atoms with van der Waals surface area (Å²) in [6.45, 7) is 5.06. The summed E-state index contributed by atoms with van der Waals surface area (Å²) in [6, 6.07) is 6.13. The van der Waals surface area contributed by atoms with E-state index >= 15 is 0 Å². The van der Waals surface area contributed by atoms with E-state index in [-0.39, 0.29) is 5.91 Å². The normalized spacial score (nSPS) is 15.5. The summed E-state index contributed by atoms with van der Waals surface area (Å²) in [5, 5.41) is 0. The molecule has 1 aromatic rings. The molecule has 0 fully saturated rings. The van der Waals surface area contributed by atoms with Crippen molar-refractivity contribution in [2.45, 2.75) is 18.7 Å². The lowest BCUT2D eigenvalue weighted by molar-refractivity contribution is -0.116. The van der Waals surface area contributed by atoms with Gasteiger partial charge in [-0.3, -0.25) is 4.79 Å². The van der Waals surface area contributed by atoms with Gasteiger partial charge in [0.2, 0.25) is 5.91 Å². The number of benzene rings is 1. The minimum Gasteiger partial charge on any atom is -0.310 e. The Morgan fingerprint density at radius 3 is 2.94 bits per heavy atom. The molecule has 86 valence electrons. The number of carbonyl (C=O) groups excluding carboxylic acids is 1. The second-order valence-corrected chi connectivity index (χ2v) is 6.23. The first-order valence-corrected chi connectivity index (χ1v) is 7.08. The first kappa shape index (κ1) is 12.0. The zero-order valence-electron chi connectivity index (χ0n) is 9.37. The zero-order valence-corrected chi connectivity index (χ0v) is 11.8. The fourth-order valence-electron chi connectivity index (χ4n) is 1.74. The van der Waals surface area contributed by atoms with Gasteiger partial charge in [0.25, 0.3) is 0 Å². The quantitative estimate of drug-likeness (QED) is 0.832. The number of hydrogen-bond acceptors (Lipinski definition) is 2. The first-order chi connectivity index (χ1) is 7.58. The predicted octanol–water partition coefficient (Wildman–Crippen LogP) is 3.54. The van der Waals surface area contributed by atoms with E-state index in [0.717, 1.165) is 16.7 Å². The smallest absolute Gasteiger partial charge is 0.237 e. The Morgan fingerprint density at radius 1 is 1.50 bits per heavy atom. The third-order valence-electron chi connectivity index (χ3n) is 2.41. The lowest BCUT2D eigenvalue weighted by Crippen LogP contribution is -2.38. The Bertz CT molecular complexity index is 419. The highest BCUT2D eigenvalue weighted by atomic mass is 79.9. The highest BCUT2D eigenvalue weighted by Gasteiger charge is 2.25. The third-order valence-corrected chi connectivity index (χ3v) is 3.95. The summed E-state index contributed by atoms with van der Waals surface area (Å²) in [5.74, 6) is 1.25. The molecular formula is C12H14BrNOS. The van der Waals surface area contributed by atoms with Crippen LogP contribution < -0.4 is 4.90 Å². The molecule has 0 aromatic heterocycles. The van der Waals surface area contributed by atoms with Crippen LogP contribution in [0.15, 0.2) is 27.6 Å². The van der Waals surface area contributed by atoms with E-state index in [0.29, 0.717) is 11.7 Å². The van der Waals surface area contributed by atoms with Gasteiger partial charge in [0.05, 0.1) is 11.4 Å². The summed E-state index contributed by atoms with van der Waals surface area (Å²) in [4.78, 5) is 15.0. The Hall–Kier alpha value is -0.480. The summed E-state index contributed by atoms with van der Waals surface area (Å²) >= 11 is 5.08. The molecule has 0 unspecified atom stereocenters. The highest BCUT2D eigenvalue weighted by molar-refractivity contribution is 9.10. The van der Waals surface area contributed by atoms with Crippen LogP contribution in [0.2, 0.25) is 0 Å². The fraction of sp³-hybridized carbons (Fsp3) is 0.417. The van der Waals surface area contributed by atoms with E-state index in [1.807, 2.05) is 17.0 Å². The lowest BCUT2D eigenvalue weighted by atomic mass is 10.2. The molecular weight excluding hydrogens is 286 g/mol. The Labute approximate surface area is 109 Å². The molecule has 0 aliphatic carbocycles. The fourth-order valence-corrected chi connectivity index (χ4v) is 3.01. The van der Waals surface area contributed by atoms with Crippen LogP contribution >= 0.6 is 27.7 Å². The minimum atomic E-state index is 0.212. The summed E-state index contributed by atoms with van der Waals surface area (Å²) in [7, 11) is 0. The molecule has 0 spiro atoms. The number of hydrogen-bond donors (Lipinski definition) is 0. The molecule has 1 aliphatic heterocycles. The van der Waals surface area contributed by atoms with Crippen LogP contribution in [-0.2, 0) is 4.79 Å². The van der Waals surface area contributed by atoms with E-state index in [1.165, 1.54) is 4.90 Å². The number of halogens is 1. The molecule has 16 heavy (non-hydrogen) atoms. The van der Waals surface area contributed by atoms with E-state index in [2.05, 4.69) is 35.8 Å². The van der Waals surface area contributed by atoms with Crippen LogP contribution in [0.5, 0.6) is 0 Å². The summed E-state index contributed by atoms with van der Waals surface area (Å²) in [5.41, 5.74) is 1.05. The van der Waals surface area contributed by atoms with Crippen LogP contribution in [0.4, 0.5) is 5.69 Å². The standard InChI is InChI=1S/C12H14BrNOS/c1-8(2)6-14-10-5-9(13)3-4-11(10)16-7-12(14)15/h3-5,8H,6-7H2,1-2H3. The Morgan fingerprint density at radius 2 is 2.25 bits per heavy atom. The van der Waals surface area contributed by atoms with Crippen molar-refractivity contribution in [1.82, 2.24) is 0 Å². The number of fused-ring (bicyclic) bond motifs is 1. The number of nitrogens with zero attached hydrogens (tertiary/aromatic N) is 1. The molecule has 2 nitrogen and oxygen atoms in total. The highest BCUT2D eigenvalue weighted by Crippen LogP contribution is 2.37. The van der Waals surface area contributed by atoms with Crippen molar-refractivity contribution >= 4 is 39.3 Å². The Balaban J connectivity index is 2.38. The van der Waals surface area contributed by atoms with Gasteiger partial charge in [-0.05, 0) is 24.1 Å². The topological polar surface area (TPSA) is 20.3 Å². The molecule has 0 radical (unpaired) electrons.